The first kappa shape index (κ1) is 19.4. The van der Waals surface area contributed by atoms with E-state index in [1.165, 1.54) is 18.2 Å². The minimum Gasteiger partial charge on any atom is -0.322 e. The Balaban J connectivity index is 1.81. The predicted molar refractivity (Wildman–Crippen MR) is 106 cm³/mol. The average molecular weight is 407 g/mol. The Hall–Kier alpha value is -2.38. The Morgan fingerprint density at radius 1 is 1.15 bits per heavy atom. The Kier molecular flexibility index (Phi) is 5.26. The Labute approximate surface area is 163 Å². The van der Waals surface area contributed by atoms with Gasteiger partial charge in [-0.3, -0.25) is 9.59 Å². The Bertz CT molecular complexity index is 1000. The van der Waals surface area contributed by atoms with Gasteiger partial charge < -0.3 is 5.32 Å². The zero-order valence-corrected chi connectivity index (χ0v) is 16.5. The van der Waals surface area contributed by atoms with Crippen LogP contribution in [0, 0.1) is 0 Å². The van der Waals surface area contributed by atoms with E-state index in [2.05, 4.69) is 19.2 Å². The van der Waals surface area contributed by atoms with Gasteiger partial charge in [0.2, 0.25) is 15.9 Å². The molecule has 142 valence electrons. The van der Waals surface area contributed by atoms with Crippen molar-refractivity contribution < 1.29 is 18.0 Å². The van der Waals surface area contributed by atoms with Crippen molar-refractivity contribution in [2.24, 2.45) is 0 Å². The van der Waals surface area contributed by atoms with Crippen molar-refractivity contribution in [3.05, 3.63) is 58.6 Å². The molecule has 0 saturated carbocycles. The molecule has 1 heterocycles. The van der Waals surface area contributed by atoms with Crippen molar-refractivity contribution in [2.45, 2.75) is 26.2 Å². The maximum absolute atomic E-state index is 12.5. The first-order chi connectivity index (χ1) is 12.7. The van der Waals surface area contributed by atoms with Crippen molar-refractivity contribution in [3.63, 3.8) is 0 Å². The maximum Gasteiger partial charge on any atom is 0.257 e. The van der Waals surface area contributed by atoms with Gasteiger partial charge in [-0.15, -0.1) is 0 Å². The van der Waals surface area contributed by atoms with E-state index < -0.39 is 21.8 Å². The topological polar surface area (TPSA) is 83.6 Å². The van der Waals surface area contributed by atoms with E-state index in [1.54, 1.807) is 0 Å². The zero-order chi connectivity index (χ0) is 19.8. The van der Waals surface area contributed by atoms with Gasteiger partial charge in [0.25, 0.3) is 5.91 Å². The second-order valence-electron chi connectivity index (χ2n) is 6.62. The first-order valence-corrected chi connectivity index (χ1v) is 10.4. The predicted octanol–water partition coefficient (Wildman–Crippen LogP) is 3.78. The highest BCUT2D eigenvalue weighted by Gasteiger charge is 2.36. The molecule has 0 bridgehead atoms. The van der Waals surface area contributed by atoms with Crippen molar-refractivity contribution >= 4 is 44.8 Å². The van der Waals surface area contributed by atoms with Crippen molar-refractivity contribution in [2.75, 3.05) is 15.4 Å². The zero-order valence-electron chi connectivity index (χ0n) is 14.9. The number of halogens is 1. The second-order valence-corrected chi connectivity index (χ2v) is 8.96. The van der Waals surface area contributed by atoms with Gasteiger partial charge in [-0.2, -0.15) is 0 Å². The number of carbonyl (C=O) groups is 2. The van der Waals surface area contributed by atoms with Crippen LogP contribution in [0.3, 0.4) is 0 Å². The summed E-state index contributed by atoms with van der Waals surface area (Å²) in [6, 6.07) is 11.6. The summed E-state index contributed by atoms with van der Waals surface area (Å²) >= 11 is 6.18. The number of amides is 2. The van der Waals surface area contributed by atoms with Crippen LogP contribution in [0.25, 0.3) is 0 Å². The van der Waals surface area contributed by atoms with Crippen LogP contribution in [0.1, 0.15) is 42.1 Å². The van der Waals surface area contributed by atoms with Crippen molar-refractivity contribution in [1.29, 1.82) is 0 Å². The molecule has 0 spiro atoms. The Morgan fingerprint density at radius 3 is 2.33 bits per heavy atom. The molecule has 1 aliphatic rings. The molecule has 8 heteroatoms. The molecule has 3 rings (SSSR count). The average Bonchev–Trinajstić information content (AvgIpc) is 2.88. The number of carbonyl (C=O) groups excluding carboxylic acids is 2. The number of nitrogens with one attached hydrogen (secondary N) is 1. The summed E-state index contributed by atoms with van der Waals surface area (Å²) < 4.78 is 24.7. The third-order valence-corrected chi connectivity index (χ3v) is 6.35. The summed E-state index contributed by atoms with van der Waals surface area (Å²) in [6.45, 7) is 4.17. The minimum absolute atomic E-state index is 0.0609. The molecule has 0 unspecified atom stereocenters. The van der Waals surface area contributed by atoms with Gasteiger partial charge in [-0.05, 0) is 41.8 Å². The molecule has 1 saturated heterocycles. The molecule has 0 aromatic heterocycles. The van der Waals surface area contributed by atoms with E-state index in [0.29, 0.717) is 11.6 Å². The van der Waals surface area contributed by atoms with Gasteiger partial charge in [-0.1, -0.05) is 37.6 Å². The van der Waals surface area contributed by atoms with Crippen LogP contribution < -0.4 is 9.62 Å². The van der Waals surface area contributed by atoms with Crippen molar-refractivity contribution in [3.8, 4) is 0 Å². The molecule has 1 fully saturated rings. The molecule has 2 amide bonds. The van der Waals surface area contributed by atoms with Gasteiger partial charge in [0.15, 0.2) is 0 Å². The summed E-state index contributed by atoms with van der Waals surface area (Å²) in [7, 11) is -3.67. The van der Waals surface area contributed by atoms with E-state index in [-0.39, 0.29) is 28.4 Å². The summed E-state index contributed by atoms with van der Waals surface area (Å²) in [5.74, 6) is -0.757. The van der Waals surface area contributed by atoms with E-state index >= 15 is 0 Å². The Morgan fingerprint density at radius 2 is 1.81 bits per heavy atom. The van der Waals surface area contributed by atoms with Gasteiger partial charge in [0.05, 0.1) is 22.0 Å². The molecular formula is C19H19ClN2O4S. The largest absolute Gasteiger partial charge is 0.322 e. The molecule has 2 aromatic rings. The fraction of sp³-hybridized carbons (Fsp3) is 0.263. The van der Waals surface area contributed by atoms with E-state index in [9.17, 15) is 18.0 Å². The number of anilines is 2. The summed E-state index contributed by atoms with van der Waals surface area (Å²) in [5, 5.41) is 2.83. The highest BCUT2D eigenvalue weighted by molar-refractivity contribution is 7.94. The van der Waals surface area contributed by atoms with Crippen LogP contribution in [0.5, 0.6) is 0 Å². The molecule has 0 aliphatic carbocycles. The van der Waals surface area contributed by atoms with E-state index in [4.69, 9.17) is 11.6 Å². The summed E-state index contributed by atoms with van der Waals surface area (Å²) in [6.07, 6.45) is -0.0609. The molecule has 2 aromatic carbocycles. The third kappa shape index (κ3) is 3.99. The van der Waals surface area contributed by atoms with Crippen LogP contribution in [-0.4, -0.2) is 26.0 Å². The van der Waals surface area contributed by atoms with Crippen LogP contribution >= 0.6 is 11.6 Å². The van der Waals surface area contributed by atoms with Gasteiger partial charge in [0, 0.05) is 12.1 Å². The van der Waals surface area contributed by atoms with Gasteiger partial charge >= 0.3 is 0 Å². The lowest BCUT2D eigenvalue weighted by molar-refractivity contribution is -0.116. The minimum atomic E-state index is -3.67. The number of benzene rings is 2. The lowest BCUT2D eigenvalue weighted by Gasteiger charge is -2.16. The van der Waals surface area contributed by atoms with Crippen LogP contribution in [-0.2, 0) is 14.8 Å². The lowest BCUT2D eigenvalue weighted by Crippen LogP contribution is -2.29. The number of sulfonamides is 1. The van der Waals surface area contributed by atoms with E-state index in [0.717, 1.165) is 9.87 Å². The molecule has 1 N–H and O–H groups in total. The molecule has 0 radical (unpaired) electrons. The number of rotatable bonds is 4. The van der Waals surface area contributed by atoms with Crippen LogP contribution in [0.15, 0.2) is 42.5 Å². The lowest BCUT2D eigenvalue weighted by atomic mass is 10.0. The number of hydrogen-bond donors (Lipinski definition) is 1. The second kappa shape index (κ2) is 7.32. The first-order valence-electron chi connectivity index (χ1n) is 8.46. The number of nitrogens with zero attached hydrogens (tertiary/aromatic N) is 1. The molecule has 6 nitrogen and oxygen atoms in total. The van der Waals surface area contributed by atoms with E-state index in [1.807, 2.05) is 24.3 Å². The van der Waals surface area contributed by atoms with Crippen molar-refractivity contribution in [1.82, 2.24) is 0 Å². The highest BCUT2D eigenvalue weighted by Crippen LogP contribution is 2.30. The molecule has 1 aliphatic heterocycles. The van der Waals surface area contributed by atoms with Crippen LogP contribution in [0.4, 0.5) is 11.4 Å². The summed E-state index contributed by atoms with van der Waals surface area (Å²) in [4.78, 5) is 24.3. The fourth-order valence-electron chi connectivity index (χ4n) is 2.83. The van der Waals surface area contributed by atoms with Gasteiger partial charge in [-0.25, -0.2) is 12.7 Å². The normalized spacial score (nSPS) is 16.0. The summed E-state index contributed by atoms with van der Waals surface area (Å²) in [5.41, 5.74) is 2.12. The third-order valence-electron chi connectivity index (χ3n) is 4.35. The molecule has 27 heavy (non-hydrogen) atoms. The van der Waals surface area contributed by atoms with Crippen LogP contribution in [0.2, 0.25) is 5.02 Å². The maximum atomic E-state index is 12.5. The highest BCUT2D eigenvalue weighted by atomic mass is 35.5. The molecule has 0 atom stereocenters. The van der Waals surface area contributed by atoms with Gasteiger partial charge in [0.1, 0.15) is 0 Å². The fourth-order valence-corrected chi connectivity index (χ4v) is 4.55. The molecular weight excluding hydrogens is 388 g/mol. The standard InChI is InChI=1S/C19H19ClN2O4S/c1-12(2)13-3-5-14(6-4-13)21-19(24)16-8-7-15(11-17(16)20)22-18(23)9-10-27(22,25)26/h3-8,11-12H,9-10H2,1-2H3,(H,21,24). The monoisotopic (exact) mass is 406 g/mol. The number of hydrogen-bond acceptors (Lipinski definition) is 4. The quantitative estimate of drug-likeness (QED) is 0.837. The SMILES string of the molecule is CC(C)c1ccc(NC(=O)c2ccc(N3C(=O)CCS3(=O)=O)cc2Cl)cc1. The smallest absolute Gasteiger partial charge is 0.257 e.